The zero-order valence-electron chi connectivity index (χ0n) is 12.8. The van der Waals surface area contributed by atoms with Crippen molar-refractivity contribution in [3.8, 4) is 0 Å². The van der Waals surface area contributed by atoms with E-state index in [9.17, 15) is 4.79 Å². The lowest BCUT2D eigenvalue weighted by Gasteiger charge is -2.16. The summed E-state index contributed by atoms with van der Waals surface area (Å²) in [5, 5.41) is 0. The number of rotatable bonds is 6. The summed E-state index contributed by atoms with van der Waals surface area (Å²) in [5.74, 6) is 0.812. The van der Waals surface area contributed by atoms with E-state index in [1.54, 1.807) is 0 Å². The van der Waals surface area contributed by atoms with Crippen LogP contribution in [0.25, 0.3) is 0 Å². The van der Waals surface area contributed by atoms with Crippen molar-refractivity contribution in [3.63, 3.8) is 0 Å². The summed E-state index contributed by atoms with van der Waals surface area (Å²) in [7, 11) is 0. The standard InChI is InChI=1S/C17H24O2S/c1-14(10-12-19-16(18)17(2,3)4)11-13-20-15-8-6-5-7-9-15/h5-9,11H,10,12-13H2,1-4H3/b14-11+. The van der Waals surface area contributed by atoms with Gasteiger partial charge in [-0.2, -0.15) is 0 Å². The third-order valence-electron chi connectivity index (χ3n) is 2.77. The molecule has 0 unspecified atom stereocenters. The Kier molecular flexibility index (Phi) is 6.86. The Hall–Kier alpha value is -1.22. The normalized spacial score (nSPS) is 12.3. The van der Waals surface area contributed by atoms with Crippen LogP contribution in [0.15, 0.2) is 46.9 Å². The number of benzene rings is 1. The topological polar surface area (TPSA) is 26.3 Å². The lowest BCUT2D eigenvalue weighted by atomic mass is 9.97. The predicted octanol–water partition coefficient (Wildman–Crippen LogP) is 4.70. The molecule has 0 aromatic heterocycles. The number of carbonyl (C=O) groups excluding carboxylic acids is 1. The van der Waals surface area contributed by atoms with Crippen LogP contribution in [0.5, 0.6) is 0 Å². The first-order valence-electron chi connectivity index (χ1n) is 6.90. The van der Waals surface area contributed by atoms with E-state index in [2.05, 4.69) is 25.1 Å². The first-order valence-corrected chi connectivity index (χ1v) is 7.89. The zero-order chi connectivity index (χ0) is 15.0. The molecule has 1 aromatic carbocycles. The van der Waals surface area contributed by atoms with E-state index in [0.717, 1.165) is 12.2 Å². The molecule has 0 spiro atoms. The monoisotopic (exact) mass is 292 g/mol. The Labute approximate surface area is 126 Å². The van der Waals surface area contributed by atoms with Crippen LogP contribution in [0.4, 0.5) is 0 Å². The van der Waals surface area contributed by atoms with Crippen LogP contribution in [-0.4, -0.2) is 18.3 Å². The molecule has 110 valence electrons. The Morgan fingerprint density at radius 1 is 1.25 bits per heavy atom. The van der Waals surface area contributed by atoms with Crippen LogP contribution < -0.4 is 0 Å². The summed E-state index contributed by atoms with van der Waals surface area (Å²) in [5.41, 5.74) is 0.843. The molecule has 3 heteroatoms. The van der Waals surface area contributed by atoms with E-state index in [1.165, 1.54) is 10.5 Å². The fraction of sp³-hybridized carbons (Fsp3) is 0.471. The molecule has 0 radical (unpaired) electrons. The van der Waals surface area contributed by atoms with Gasteiger partial charge in [0.1, 0.15) is 0 Å². The van der Waals surface area contributed by atoms with Crippen LogP contribution in [0.2, 0.25) is 0 Å². The van der Waals surface area contributed by atoms with Gasteiger partial charge < -0.3 is 4.74 Å². The number of hydrogen-bond acceptors (Lipinski definition) is 3. The smallest absolute Gasteiger partial charge is 0.311 e. The lowest BCUT2D eigenvalue weighted by molar-refractivity contribution is -0.152. The van der Waals surface area contributed by atoms with E-state index < -0.39 is 5.41 Å². The second kappa shape index (κ2) is 8.15. The molecule has 0 aliphatic heterocycles. The number of ether oxygens (including phenoxy) is 1. The Balaban J connectivity index is 2.24. The second-order valence-electron chi connectivity index (χ2n) is 5.81. The molecule has 0 aliphatic rings. The molecule has 0 bridgehead atoms. The third-order valence-corrected chi connectivity index (χ3v) is 3.71. The predicted molar refractivity (Wildman–Crippen MR) is 86.0 cm³/mol. The molecule has 0 fully saturated rings. The van der Waals surface area contributed by atoms with Crippen molar-refractivity contribution in [2.45, 2.75) is 39.0 Å². The van der Waals surface area contributed by atoms with E-state index in [0.29, 0.717) is 6.61 Å². The van der Waals surface area contributed by atoms with E-state index in [1.807, 2.05) is 50.7 Å². The summed E-state index contributed by atoms with van der Waals surface area (Å²) in [4.78, 5) is 12.9. The molecule has 0 amide bonds. The van der Waals surface area contributed by atoms with Crippen molar-refractivity contribution in [2.24, 2.45) is 5.41 Å². The number of carbonyl (C=O) groups is 1. The van der Waals surface area contributed by atoms with Crippen molar-refractivity contribution >= 4 is 17.7 Å². The molecule has 0 saturated carbocycles. The highest BCUT2D eigenvalue weighted by atomic mass is 32.2. The minimum Gasteiger partial charge on any atom is -0.465 e. The van der Waals surface area contributed by atoms with E-state index >= 15 is 0 Å². The maximum Gasteiger partial charge on any atom is 0.311 e. The van der Waals surface area contributed by atoms with Gasteiger partial charge in [-0.15, -0.1) is 11.8 Å². The largest absolute Gasteiger partial charge is 0.465 e. The van der Waals surface area contributed by atoms with Gasteiger partial charge in [0.2, 0.25) is 0 Å². The average molecular weight is 292 g/mol. The molecule has 20 heavy (non-hydrogen) atoms. The highest BCUT2D eigenvalue weighted by Gasteiger charge is 2.22. The average Bonchev–Trinajstić information content (AvgIpc) is 2.38. The number of thioether (sulfide) groups is 1. The third kappa shape index (κ3) is 6.80. The molecule has 0 atom stereocenters. The molecule has 0 saturated heterocycles. The summed E-state index contributed by atoms with van der Waals surface area (Å²) in [6, 6.07) is 10.3. The quantitative estimate of drug-likeness (QED) is 0.432. The molecule has 1 aromatic rings. The Morgan fingerprint density at radius 3 is 2.50 bits per heavy atom. The van der Waals surface area contributed by atoms with Gasteiger partial charge >= 0.3 is 5.97 Å². The van der Waals surface area contributed by atoms with Crippen molar-refractivity contribution < 1.29 is 9.53 Å². The Bertz CT molecular complexity index is 444. The molecule has 0 heterocycles. The van der Waals surface area contributed by atoms with Gasteiger partial charge in [-0.05, 0) is 39.8 Å². The maximum atomic E-state index is 11.6. The van der Waals surface area contributed by atoms with Crippen molar-refractivity contribution in [1.82, 2.24) is 0 Å². The molecular weight excluding hydrogens is 268 g/mol. The summed E-state index contributed by atoms with van der Waals surface area (Å²) in [6.45, 7) is 8.16. The molecule has 1 rings (SSSR count). The van der Waals surface area contributed by atoms with Crippen LogP contribution in [0.3, 0.4) is 0 Å². The van der Waals surface area contributed by atoms with Crippen LogP contribution >= 0.6 is 11.8 Å². The van der Waals surface area contributed by atoms with Gasteiger partial charge in [-0.1, -0.05) is 29.8 Å². The molecule has 0 N–H and O–H groups in total. The SMILES string of the molecule is C/C(=C\CSc1ccccc1)CCOC(=O)C(C)(C)C. The number of esters is 1. The van der Waals surface area contributed by atoms with Gasteiger partial charge in [0.15, 0.2) is 0 Å². The first kappa shape index (κ1) is 16.8. The first-order chi connectivity index (χ1) is 9.39. The van der Waals surface area contributed by atoms with Gasteiger partial charge in [-0.25, -0.2) is 0 Å². The highest BCUT2D eigenvalue weighted by molar-refractivity contribution is 7.99. The van der Waals surface area contributed by atoms with Gasteiger partial charge in [0, 0.05) is 17.1 Å². The highest BCUT2D eigenvalue weighted by Crippen LogP contribution is 2.18. The van der Waals surface area contributed by atoms with Gasteiger partial charge in [-0.3, -0.25) is 4.79 Å². The van der Waals surface area contributed by atoms with Gasteiger partial charge in [0.25, 0.3) is 0 Å². The molecule has 0 aliphatic carbocycles. The van der Waals surface area contributed by atoms with Crippen LogP contribution in [0, 0.1) is 5.41 Å². The lowest BCUT2D eigenvalue weighted by Crippen LogP contribution is -2.23. The minimum atomic E-state index is -0.416. The number of hydrogen-bond donors (Lipinski definition) is 0. The Morgan fingerprint density at radius 2 is 1.90 bits per heavy atom. The van der Waals surface area contributed by atoms with Crippen molar-refractivity contribution in [3.05, 3.63) is 42.0 Å². The molecule has 2 nitrogen and oxygen atoms in total. The second-order valence-corrected chi connectivity index (χ2v) is 6.90. The van der Waals surface area contributed by atoms with E-state index in [4.69, 9.17) is 4.74 Å². The summed E-state index contributed by atoms with van der Waals surface area (Å²) < 4.78 is 5.26. The summed E-state index contributed by atoms with van der Waals surface area (Å²) in [6.07, 6.45) is 3.00. The van der Waals surface area contributed by atoms with Crippen molar-refractivity contribution in [1.29, 1.82) is 0 Å². The fourth-order valence-corrected chi connectivity index (χ4v) is 2.33. The van der Waals surface area contributed by atoms with Gasteiger partial charge in [0.05, 0.1) is 12.0 Å². The fourth-order valence-electron chi connectivity index (χ4n) is 1.42. The molecular formula is C17H24O2S. The van der Waals surface area contributed by atoms with Crippen molar-refractivity contribution in [2.75, 3.05) is 12.4 Å². The minimum absolute atomic E-state index is 0.135. The maximum absolute atomic E-state index is 11.6. The summed E-state index contributed by atoms with van der Waals surface area (Å²) >= 11 is 1.81. The zero-order valence-corrected chi connectivity index (χ0v) is 13.6. The van der Waals surface area contributed by atoms with Crippen LogP contribution in [-0.2, 0) is 9.53 Å². The van der Waals surface area contributed by atoms with Crippen LogP contribution in [0.1, 0.15) is 34.1 Å². The van der Waals surface area contributed by atoms with E-state index in [-0.39, 0.29) is 5.97 Å².